The van der Waals surface area contributed by atoms with Gasteiger partial charge in [0.25, 0.3) is 0 Å². The average Bonchev–Trinajstić information content (AvgIpc) is 2.70. The highest BCUT2D eigenvalue weighted by Gasteiger charge is 2.26. The largest absolute Gasteiger partial charge is 0.370 e. The molecule has 2 rings (SSSR count). The monoisotopic (exact) mass is 506 g/mol. The Hall–Kier alpha value is -0.830. The molecule has 154 valence electrons. The third-order valence-electron chi connectivity index (χ3n) is 5.24. The molecule has 1 aromatic carbocycles. The molecule has 4 unspecified atom stereocenters. The average molecular weight is 506 g/mol. The fourth-order valence-electron chi connectivity index (χ4n) is 3.44. The highest BCUT2D eigenvalue weighted by atomic mass is 127. The summed E-state index contributed by atoms with van der Waals surface area (Å²) in [7, 11) is 3.23. The number of guanidine groups is 1. The van der Waals surface area contributed by atoms with Crippen LogP contribution in [0.15, 0.2) is 35.3 Å². The summed E-state index contributed by atoms with van der Waals surface area (Å²) in [6.07, 6.45) is 4.32. The van der Waals surface area contributed by atoms with Crippen LogP contribution in [-0.2, 0) is 10.8 Å². The van der Waals surface area contributed by atoms with Crippen LogP contribution < -0.4 is 15.5 Å². The Morgan fingerprint density at radius 3 is 2.67 bits per heavy atom. The number of anilines is 1. The van der Waals surface area contributed by atoms with E-state index in [9.17, 15) is 4.21 Å². The maximum absolute atomic E-state index is 12.1. The molecule has 0 bridgehead atoms. The molecule has 0 saturated heterocycles. The summed E-state index contributed by atoms with van der Waals surface area (Å²) in [4.78, 5) is 6.64. The van der Waals surface area contributed by atoms with Crippen LogP contribution in [0.1, 0.15) is 39.5 Å². The third-order valence-corrected chi connectivity index (χ3v) is 6.98. The molecule has 1 fully saturated rings. The van der Waals surface area contributed by atoms with Gasteiger partial charge in [-0.3, -0.25) is 9.20 Å². The minimum Gasteiger partial charge on any atom is -0.370 e. The summed E-state index contributed by atoms with van der Waals surface area (Å²) < 4.78 is 12.1. The standard InChI is InChI=1S/C20H34N4OS.HI/c1-5-26(25)19-13-9-10-17(14-19)23-20(21-3)22-15-16(2)24(4)18-11-7-6-8-12-18;/h6-8,11-12,16-17,19H,5,9-10,13-15H2,1-4H3,(H2,21,22,23);1H. The van der Waals surface area contributed by atoms with Crippen LogP contribution >= 0.6 is 24.0 Å². The molecule has 1 aromatic rings. The molecule has 1 aliphatic carbocycles. The van der Waals surface area contributed by atoms with Crippen LogP contribution in [0.3, 0.4) is 0 Å². The molecule has 0 heterocycles. The van der Waals surface area contributed by atoms with Crippen molar-refractivity contribution in [1.29, 1.82) is 0 Å². The van der Waals surface area contributed by atoms with Crippen molar-refractivity contribution in [2.24, 2.45) is 4.99 Å². The molecule has 1 saturated carbocycles. The Balaban J connectivity index is 0.00000364. The minimum atomic E-state index is -0.696. The van der Waals surface area contributed by atoms with Gasteiger partial charge < -0.3 is 15.5 Å². The Labute approximate surface area is 184 Å². The van der Waals surface area contributed by atoms with E-state index in [1.807, 2.05) is 20.0 Å². The normalized spacial score (nSPS) is 22.3. The first-order chi connectivity index (χ1) is 12.5. The maximum atomic E-state index is 12.1. The zero-order chi connectivity index (χ0) is 18.9. The Morgan fingerprint density at radius 2 is 2.04 bits per heavy atom. The summed E-state index contributed by atoms with van der Waals surface area (Å²) in [5, 5.41) is 7.31. The zero-order valence-electron chi connectivity index (χ0n) is 17.0. The van der Waals surface area contributed by atoms with Crippen LogP contribution in [0.2, 0.25) is 0 Å². The second kappa shape index (κ2) is 12.6. The smallest absolute Gasteiger partial charge is 0.191 e. The van der Waals surface area contributed by atoms with Gasteiger partial charge in [0.05, 0.1) is 0 Å². The first-order valence-corrected chi connectivity index (χ1v) is 11.1. The van der Waals surface area contributed by atoms with Crippen molar-refractivity contribution in [3.05, 3.63) is 30.3 Å². The minimum absolute atomic E-state index is 0. The van der Waals surface area contributed by atoms with Crippen LogP contribution in [0, 0.1) is 0 Å². The highest BCUT2D eigenvalue weighted by molar-refractivity contribution is 14.0. The van der Waals surface area contributed by atoms with Crippen LogP contribution in [0.5, 0.6) is 0 Å². The van der Waals surface area contributed by atoms with Gasteiger partial charge in [0.15, 0.2) is 5.96 Å². The number of likely N-dealkylation sites (N-methyl/N-ethyl adjacent to an activating group) is 1. The molecule has 0 aliphatic heterocycles. The summed E-state index contributed by atoms with van der Waals surface area (Å²) in [5.41, 5.74) is 1.21. The van der Waals surface area contributed by atoms with Gasteiger partial charge in [0.1, 0.15) is 0 Å². The number of nitrogens with zero attached hydrogens (tertiary/aromatic N) is 2. The molecular formula is C20H35IN4OS. The lowest BCUT2D eigenvalue weighted by molar-refractivity contribution is 0.413. The molecule has 0 amide bonds. The molecule has 0 aromatic heterocycles. The van der Waals surface area contributed by atoms with E-state index in [1.165, 1.54) is 5.69 Å². The molecule has 4 atom stereocenters. The first-order valence-electron chi connectivity index (χ1n) is 9.67. The molecule has 27 heavy (non-hydrogen) atoms. The zero-order valence-corrected chi connectivity index (χ0v) is 20.1. The van der Waals surface area contributed by atoms with Gasteiger partial charge in [-0.2, -0.15) is 0 Å². The fraction of sp³-hybridized carbons (Fsp3) is 0.650. The van der Waals surface area contributed by atoms with Crippen LogP contribution in [0.25, 0.3) is 0 Å². The number of benzene rings is 1. The second-order valence-electron chi connectivity index (χ2n) is 7.05. The summed E-state index contributed by atoms with van der Waals surface area (Å²) in [5.74, 6) is 1.60. The third kappa shape index (κ3) is 7.60. The van der Waals surface area contributed by atoms with E-state index in [4.69, 9.17) is 0 Å². The van der Waals surface area contributed by atoms with E-state index >= 15 is 0 Å². The van der Waals surface area contributed by atoms with E-state index in [0.717, 1.165) is 43.9 Å². The van der Waals surface area contributed by atoms with Crippen molar-refractivity contribution in [2.75, 3.05) is 31.3 Å². The quantitative estimate of drug-likeness (QED) is 0.338. The molecule has 0 spiro atoms. The van der Waals surface area contributed by atoms with E-state index in [1.54, 1.807) is 0 Å². The number of para-hydroxylation sites is 1. The molecule has 5 nitrogen and oxygen atoms in total. The van der Waals surface area contributed by atoms with Crippen molar-refractivity contribution in [3.8, 4) is 0 Å². The van der Waals surface area contributed by atoms with E-state index in [0.29, 0.717) is 17.3 Å². The molecule has 0 radical (unpaired) electrons. The van der Waals surface area contributed by atoms with E-state index in [-0.39, 0.29) is 24.0 Å². The van der Waals surface area contributed by atoms with E-state index in [2.05, 4.69) is 58.8 Å². The lowest BCUT2D eigenvalue weighted by Gasteiger charge is -2.31. The number of hydrogen-bond donors (Lipinski definition) is 2. The van der Waals surface area contributed by atoms with Gasteiger partial charge in [-0.1, -0.05) is 31.5 Å². The Bertz CT molecular complexity index is 599. The van der Waals surface area contributed by atoms with E-state index < -0.39 is 10.8 Å². The van der Waals surface area contributed by atoms with Gasteiger partial charge in [-0.05, 0) is 38.3 Å². The van der Waals surface area contributed by atoms with Gasteiger partial charge in [-0.25, -0.2) is 0 Å². The molecule has 7 heteroatoms. The van der Waals surface area contributed by atoms with Gasteiger partial charge in [-0.15, -0.1) is 24.0 Å². The Kier molecular flexibility index (Phi) is 11.3. The summed E-state index contributed by atoms with van der Waals surface area (Å²) in [6, 6.07) is 11.1. The van der Waals surface area contributed by atoms with Crippen molar-refractivity contribution in [2.45, 2.75) is 56.9 Å². The van der Waals surface area contributed by atoms with Gasteiger partial charge in [0.2, 0.25) is 0 Å². The van der Waals surface area contributed by atoms with Crippen molar-refractivity contribution in [3.63, 3.8) is 0 Å². The topological polar surface area (TPSA) is 56.7 Å². The number of nitrogens with one attached hydrogen (secondary N) is 2. The maximum Gasteiger partial charge on any atom is 0.191 e. The Morgan fingerprint density at radius 1 is 1.33 bits per heavy atom. The number of halogens is 1. The number of aliphatic imine (C=N–C) groups is 1. The SMILES string of the molecule is CCS(=O)C1CCCC(NC(=NC)NCC(C)N(C)c2ccccc2)C1.I. The number of hydrogen-bond acceptors (Lipinski definition) is 3. The second-order valence-corrected chi connectivity index (χ2v) is 9.05. The fourth-order valence-corrected chi connectivity index (χ4v) is 4.79. The first kappa shape index (κ1) is 24.2. The molecule has 2 N–H and O–H groups in total. The van der Waals surface area contributed by atoms with Crippen LogP contribution in [-0.4, -0.2) is 53.9 Å². The lowest BCUT2D eigenvalue weighted by atomic mass is 9.95. The van der Waals surface area contributed by atoms with Gasteiger partial charge >= 0.3 is 0 Å². The number of rotatable bonds is 7. The lowest BCUT2D eigenvalue weighted by Crippen LogP contribution is -2.49. The van der Waals surface area contributed by atoms with Crippen molar-refractivity contribution < 1.29 is 4.21 Å². The van der Waals surface area contributed by atoms with Gasteiger partial charge in [0, 0.05) is 60.2 Å². The molecular weight excluding hydrogens is 471 g/mol. The summed E-state index contributed by atoms with van der Waals surface area (Å²) >= 11 is 0. The van der Waals surface area contributed by atoms with Crippen molar-refractivity contribution >= 4 is 46.4 Å². The van der Waals surface area contributed by atoms with Crippen LogP contribution in [0.4, 0.5) is 5.69 Å². The predicted molar refractivity (Wildman–Crippen MR) is 129 cm³/mol. The predicted octanol–water partition coefficient (Wildman–Crippen LogP) is 3.37. The summed E-state index contributed by atoms with van der Waals surface area (Å²) in [6.45, 7) is 5.02. The highest BCUT2D eigenvalue weighted by Crippen LogP contribution is 2.23. The van der Waals surface area contributed by atoms with Crippen molar-refractivity contribution in [1.82, 2.24) is 10.6 Å². The molecule has 1 aliphatic rings.